The van der Waals surface area contributed by atoms with Crippen molar-refractivity contribution >= 4 is 11.7 Å². The first kappa shape index (κ1) is 14.7. The zero-order chi connectivity index (χ0) is 12.9. The molecule has 0 spiro atoms. The van der Waals surface area contributed by atoms with E-state index in [2.05, 4.69) is 6.58 Å². The van der Waals surface area contributed by atoms with Gasteiger partial charge in [0.05, 0.1) is 0 Å². The zero-order valence-corrected chi connectivity index (χ0v) is 9.23. The maximum absolute atomic E-state index is 12.1. The number of carbonyl (C=O) groups excluding carboxylic acids is 2. The second-order valence-corrected chi connectivity index (χ2v) is 3.49. The first-order valence-corrected chi connectivity index (χ1v) is 4.70. The molecule has 0 atom stereocenters. The third kappa shape index (κ3) is 5.53. The average molecular weight is 237 g/mol. The maximum Gasteiger partial charge on any atom is 0.406 e. The maximum atomic E-state index is 12.1. The van der Waals surface area contributed by atoms with Gasteiger partial charge in [0, 0.05) is 13.0 Å². The number of hydrogen-bond donors (Lipinski definition) is 0. The van der Waals surface area contributed by atoms with Crippen LogP contribution in [0.4, 0.5) is 13.2 Å². The van der Waals surface area contributed by atoms with Crippen LogP contribution in [-0.4, -0.2) is 35.9 Å². The summed E-state index contributed by atoms with van der Waals surface area (Å²) in [6.45, 7) is 4.79. The lowest BCUT2D eigenvalue weighted by Gasteiger charge is -2.21. The molecular weight excluding hydrogens is 223 g/mol. The zero-order valence-electron chi connectivity index (χ0n) is 9.23. The van der Waals surface area contributed by atoms with Gasteiger partial charge < -0.3 is 4.90 Å². The SMILES string of the molecule is C=C(C)CC(=O)C(=O)N(CC)CC(F)(F)F. The van der Waals surface area contributed by atoms with Crippen LogP contribution in [0.15, 0.2) is 12.2 Å². The fourth-order valence-corrected chi connectivity index (χ4v) is 1.07. The molecule has 0 aliphatic rings. The van der Waals surface area contributed by atoms with Crippen molar-refractivity contribution in [2.24, 2.45) is 0 Å². The highest BCUT2D eigenvalue weighted by molar-refractivity contribution is 6.36. The molecule has 0 saturated carbocycles. The number of allylic oxidation sites excluding steroid dienone is 1. The Labute approximate surface area is 91.9 Å². The minimum Gasteiger partial charge on any atom is -0.327 e. The molecule has 0 aromatic carbocycles. The predicted octanol–water partition coefficient (Wildman–Crippen LogP) is 1.93. The molecule has 0 N–H and O–H groups in total. The van der Waals surface area contributed by atoms with Crippen LogP contribution in [0.3, 0.4) is 0 Å². The van der Waals surface area contributed by atoms with Crippen LogP contribution in [0.25, 0.3) is 0 Å². The fourth-order valence-electron chi connectivity index (χ4n) is 1.07. The van der Waals surface area contributed by atoms with Crippen molar-refractivity contribution in [2.45, 2.75) is 26.4 Å². The van der Waals surface area contributed by atoms with Crippen molar-refractivity contribution < 1.29 is 22.8 Å². The Kier molecular flexibility index (Phi) is 5.20. The fraction of sp³-hybridized carbons (Fsp3) is 0.600. The van der Waals surface area contributed by atoms with Gasteiger partial charge in [0.1, 0.15) is 6.54 Å². The Morgan fingerprint density at radius 1 is 1.31 bits per heavy atom. The van der Waals surface area contributed by atoms with Gasteiger partial charge in [0.15, 0.2) is 0 Å². The molecule has 0 aliphatic heterocycles. The minimum atomic E-state index is -4.49. The molecule has 6 heteroatoms. The summed E-state index contributed by atoms with van der Waals surface area (Å²) in [6.07, 6.45) is -4.71. The molecule has 0 radical (unpaired) electrons. The molecule has 0 aromatic rings. The van der Waals surface area contributed by atoms with Gasteiger partial charge in [-0.15, -0.1) is 0 Å². The standard InChI is InChI=1S/C10H14F3NO2/c1-4-14(6-10(11,12)13)9(16)8(15)5-7(2)3/h2,4-6H2,1,3H3. The van der Waals surface area contributed by atoms with E-state index in [4.69, 9.17) is 0 Å². The molecule has 0 aliphatic carbocycles. The van der Waals surface area contributed by atoms with Crippen LogP contribution in [0.2, 0.25) is 0 Å². The van der Waals surface area contributed by atoms with E-state index in [-0.39, 0.29) is 13.0 Å². The molecule has 0 heterocycles. The Morgan fingerprint density at radius 2 is 1.81 bits per heavy atom. The van der Waals surface area contributed by atoms with E-state index >= 15 is 0 Å². The van der Waals surface area contributed by atoms with E-state index in [9.17, 15) is 22.8 Å². The lowest BCUT2D eigenvalue weighted by Crippen LogP contribution is -2.42. The van der Waals surface area contributed by atoms with Gasteiger partial charge >= 0.3 is 6.18 Å². The summed E-state index contributed by atoms with van der Waals surface area (Å²) in [5, 5.41) is 0. The van der Waals surface area contributed by atoms with Crippen molar-refractivity contribution in [3.63, 3.8) is 0 Å². The van der Waals surface area contributed by atoms with E-state index in [1.807, 2.05) is 0 Å². The quantitative estimate of drug-likeness (QED) is 0.541. The van der Waals surface area contributed by atoms with E-state index in [0.717, 1.165) is 0 Å². The molecule has 0 saturated heterocycles. The van der Waals surface area contributed by atoms with Crippen LogP contribution < -0.4 is 0 Å². The molecule has 0 aromatic heterocycles. The average Bonchev–Trinajstić information content (AvgIpc) is 2.10. The summed E-state index contributed by atoms with van der Waals surface area (Å²) < 4.78 is 36.2. The van der Waals surface area contributed by atoms with Crippen molar-refractivity contribution in [2.75, 3.05) is 13.1 Å². The normalized spacial score (nSPS) is 11.1. The van der Waals surface area contributed by atoms with Gasteiger partial charge in [-0.2, -0.15) is 13.2 Å². The summed E-state index contributed by atoms with van der Waals surface area (Å²) >= 11 is 0. The topological polar surface area (TPSA) is 37.4 Å². The van der Waals surface area contributed by atoms with Crippen molar-refractivity contribution in [1.29, 1.82) is 0 Å². The van der Waals surface area contributed by atoms with Crippen LogP contribution in [-0.2, 0) is 9.59 Å². The largest absolute Gasteiger partial charge is 0.406 e. The number of likely N-dealkylation sites (N-methyl/N-ethyl adjacent to an activating group) is 1. The van der Waals surface area contributed by atoms with Crippen molar-refractivity contribution in [1.82, 2.24) is 4.90 Å². The highest BCUT2D eigenvalue weighted by atomic mass is 19.4. The van der Waals surface area contributed by atoms with E-state index in [1.54, 1.807) is 0 Å². The minimum absolute atomic E-state index is 0.153. The van der Waals surface area contributed by atoms with Gasteiger partial charge in [-0.1, -0.05) is 12.2 Å². The van der Waals surface area contributed by atoms with Crippen molar-refractivity contribution in [3.8, 4) is 0 Å². The number of rotatable bonds is 5. The van der Waals surface area contributed by atoms with E-state index in [0.29, 0.717) is 10.5 Å². The number of alkyl halides is 3. The van der Waals surface area contributed by atoms with E-state index in [1.165, 1.54) is 13.8 Å². The Bertz CT molecular complexity index is 297. The molecule has 16 heavy (non-hydrogen) atoms. The Morgan fingerprint density at radius 3 is 2.12 bits per heavy atom. The summed E-state index contributed by atoms with van der Waals surface area (Å²) in [5.41, 5.74) is 0.446. The number of Topliss-reactive ketones (excluding diaryl/α,β-unsaturated/α-hetero) is 1. The third-order valence-corrected chi connectivity index (χ3v) is 1.74. The number of hydrogen-bond acceptors (Lipinski definition) is 2. The molecule has 3 nitrogen and oxygen atoms in total. The molecule has 0 rings (SSSR count). The summed E-state index contributed by atoms with van der Waals surface area (Å²) in [6, 6.07) is 0. The number of amides is 1. The second-order valence-electron chi connectivity index (χ2n) is 3.49. The van der Waals surface area contributed by atoms with Crippen LogP contribution >= 0.6 is 0 Å². The number of halogens is 3. The smallest absolute Gasteiger partial charge is 0.327 e. The lowest BCUT2D eigenvalue weighted by atomic mass is 10.1. The molecule has 92 valence electrons. The van der Waals surface area contributed by atoms with E-state index < -0.39 is 24.4 Å². The van der Waals surface area contributed by atoms with Gasteiger partial charge in [-0.3, -0.25) is 9.59 Å². The third-order valence-electron chi connectivity index (χ3n) is 1.74. The second kappa shape index (κ2) is 5.67. The van der Waals surface area contributed by atoms with Crippen LogP contribution in [0.5, 0.6) is 0 Å². The molecular formula is C10H14F3NO2. The first-order chi connectivity index (χ1) is 7.17. The summed E-state index contributed by atoms with van der Waals surface area (Å²) in [5.74, 6) is -1.97. The van der Waals surface area contributed by atoms with Gasteiger partial charge in [-0.25, -0.2) is 0 Å². The molecule has 1 amide bonds. The molecule has 0 bridgehead atoms. The molecule has 0 fully saturated rings. The van der Waals surface area contributed by atoms with Crippen LogP contribution in [0.1, 0.15) is 20.3 Å². The summed E-state index contributed by atoms with van der Waals surface area (Å²) in [7, 11) is 0. The number of ketones is 1. The van der Waals surface area contributed by atoms with Crippen LogP contribution in [0, 0.1) is 0 Å². The first-order valence-electron chi connectivity index (χ1n) is 4.70. The highest BCUT2D eigenvalue weighted by Gasteiger charge is 2.34. The van der Waals surface area contributed by atoms with Crippen molar-refractivity contribution in [3.05, 3.63) is 12.2 Å². The number of nitrogens with zero attached hydrogens (tertiary/aromatic N) is 1. The highest BCUT2D eigenvalue weighted by Crippen LogP contribution is 2.16. The van der Waals surface area contributed by atoms with Gasteiger partial charge in [0.25, 0.3) is 5.91 Å². The summed E-state index contributed by atoms with van der Waals surface area (Å²) in [4.78, 5) is 23.0. The predicted molar refractivity (Wildman–Crippen MR) is 52.7 cm³/mol. The number of carbonyl (C=O) groups is 2. The van der Waals surface area contributed by atoms with Gasteiger partial charge in [0.2, 0.25) is 5.78 Å². The van der Waals surface area contributed by atoms with Gasteiger partial charge in [-0.05, 0) is 13.8 Å². The Balaban J connectivity index is 4.54. The molecule has 0 unspecified atom stereocenters. The monoisotopic (exact) mass is 237 g/mol. The Hall–Kier alpha value is -1.33. The lowest BCUT2D eigenvalue weighted by molar-refractivity contribution is -0.163.